The van der Waals surface area contributed by atoms with E-state index < -0.39 is 0 Å². The molecular weight excluding hydrogens is 287 g/mol. The zero-order valence-corrected chi connectivity index (χ0v) is 11.1. The van der Waals surface area contributed by atoms with Crippen LogP contribution in [-0.2, 0) is 0 Å². The predicted molar refractivity (Wildman–Crippen MR) is 65.0 cm³/mol. The molecule has 0 fully saturated rings. The summed E-state index contributed by atoms with van der Waals surface area (Å²) in [6, 6.07) is 5.35. The SMILES string of the molecule is CC(C)(CBr)Oc1cccc(Cl)c1Cl. The third kappa shape index (κ3) is 3.04. The van der Waals surface area contributed by atoms with Gasteiger partial charge in [-0.05, 0) is 26.0 Å². The van der Waals surface area contributed by atoms with E-state index in [4.69, 9.17) is 27.9 Å². The number of alkyl halides is 1. The number of hydrogen-bond donors (Lipinski definition) is 0. The molecule has 0 radical (unpaired) electrons. The van der Waals surface area contributed by atoms with Crippen LogP contribution in [0.25, 0.3) is 0 Å². The molecule has 78 valence electrons. The van der Waals surface area contributed by atoms with Gasteiger partial charge in [0.2, 0.25) is 0 Å². The number of rotatable bonds is 3. The van der Waals surface area contributed by atoms with Crippen LogP contribution in [0, 0.1) is 0 Å². The minimum Gasteiger partial charge on any atom is -0.485 e. The second-order valence-electron chi connectivity index (χ2n) is 3.55. The number of halogens is 3. The van der Waals surface area contributed by atoms with E-state index in [0.717, 1.165) is 5.33 Å². The summed E-state index contributed by atoms with van der Waals surface area (Å²) in [5.74, 6) is 0.614. The third-order valence-corrected chi connectivity index (χ3v) is 3.78. The molecule has 0 amide bonds. The Morgan fingerprint density at radius 1 is 1.36 bits per heavy atom. The van der Waals surface area contributed by atoms with Gasteiger partial charge in [-0.15, -0.1) is 0 Å². The Labute approximate surface area is 102 Å². The number of benzene rings is 1. The summed E-state index contributed by atoms with van der Waals surface area (Å²) in [6.45, 7) is 3.94. The molecule has 1 nitrogen and oxygen atoms in total. The molecule has 0 heterocycles. The first kappa shape index (κ1) is 12.2. The maximum atomic E-state index is 5.98. The van der Waals surface area contributed by atoms with E-state index in [1.165, 1.54) is 0 Å². The van der Waals surface area contributed by atoms with Crippen LogP contribution in [0.4, 0.5) is 0 Å². The fourth-order valence-electron chi connectivity index (χ4n) is 0.888. The van der Waals surface area contributed by atoms with Gasteiger partial charge in [0.05, 0.1) is 5.02 Å². The quantitative estimate of drug-likeness (QED) is 0.744. The lowest BCUT2D eigenvalue weighted by molar-refractivity contribution is 0.137. The van der Waals surface area contributed by atoms with Crippen molar-refractivity contribution >= 4 is 39.1 Å². The van der Waals surface area contributed by atoms with Crippen molar-refractivity contribution in [3.63, 3.8) is 0 Å². The van der Waals surface area contributed by atoms with Crippen LogP contribution in [0.15, 0.2) is 18.2 Å². The molecule has 14 heavy (non-hydrogen) atoms. The molecule has 0 N–H and O–H groups in total. The highest BCUT2D eigenvalue weighted by Crippen LogP contribution is 2.33. The van der Waals surface area contributed by atoms with Gasteiger partial charge in [0.1, 0.15) is 16.4 Å². The molecule has 0 aliphatic carbocycles. The second kappa shape index (κ2) is 4.73. The first-order valence-electron chi connectivity index (χ1n) is 4.15. The first-order valence-corrected chi connectivity index (χ1v) is 6.03. The van der Waals surface area contributed by atoms with Gasteiger partial charge in [-0.1, -0.05) is 45.2 Å². The highest BCUT2D eigenvalue weighted by Gasteiger charge is 2.19. The molecule has 0 bridgehead atoms. The van der Waals surface area contributed by atoms with Crippen LogP contribution < -0.4 is 4.74 Å². The molecule has 0 aliphatic rings. The summed E-state index contributed by atoms with van der Waals surface area (Å²) >= 11 is 15.2. The predicted octanol–water partition coefficient (Wildman–Crippen LogP) is 4.55. The Balaban J connectivity index is 2.92. The topological polar surface area (TPSA) is 9.23 Å². The van der Waals surface area contributed by atoms with Crippen molar-refractivity contribution in [3.8, 4) is 5.75 Å². The van der Waals surface area contributed by atoms with Crippen LogP contribution in [0.5, 0.6) is 5.75 Å². The van der Waals surface area contributed by atoms with Gasteiger partial charge >= 0.3 is 0 Å². The fraction of sp³-hybridized carbons (Fsp3) is 0.400. The molecule has 4 heteroatoms. The lowest BCUT2D eigenvalue weighted by atomic mass is 10.2. The highest BCUT2D eigenvalue weighted by atomic mass is 79.9. The molecule has 0 atom stereocenters. The van der Waals surface area contributed by atoms with E-state index in [0.29, 0.717) is 15.8 Å². The molecule has 0 spiro atoms. The van der Waals surface area contributed by atoms with Crippen molar-refractivity contribution < 1.29 is 4.74 Å². The van der Waals surface area contributed by atoms with E-state index >= 15 is 0 Å². The smallest absolute Gasteiger partial charge is 0.140 e. The summed E-state index contributed by atoms with van der Waals surface area (Å²) < 4.78 is 5.70. The van der Waals surface area contributed by atoms with Crippen LogP contribution in [0.2, 0.25) is 10.0 Å². The Kier molecular flexibility index (Phi) is 4.11. The maximum absolute atomic E-state index is 5.98. The summed E-state index contributed by atoms with van der Waals surface area (Å²) in [6.07, 6.45) is 0. The second-order valence-corrected chi connectivity index (χ2v) is 4.89. The number of ether oxygens (including phenoxy) is 1. The monoisotopic (exact) mass is 296 g/mol. The van der Waals surface area contributed by atoms with Crippen LogP contribution in [0.3, 0.4) is 0 Å². The van der Waals surface area contributed by atoms with Crippen molar-refractivity contribution in [2.45, 2.75) is 19.4 Å². The Morgan fingerprint density at radius 2 is 2.00 bits per heavy atom. The third-order valence-electron chi connectivity index (χ3n) is 1.62. The molecule has 1 aromatic carbocycles. The molecule has 1 aromatic rings. The molecule has 0 saturated carbocycles. The van der Waals surface area contributed by atoms with Gasteiger partial charge in [0.15, 0.2) is 0 Å². The molecular formula is C10H11BrCl2O. The van der Waals surface area contributed by atoms with Gasteiger partial charge in [-0.3, -0.25) is 0 Å². The molecule has 1 rings (SSSR count). The molecule has 0 aromatic heterocycles. The Bertz CT molecular complexity index is 326. The minimum atomic E-state index is -0.297. The summed E-state index contributed by atoms with van der Waals surface area (Å²) in [5.41, 5.74) is -0.297. The zero-order valence-electron chi connectivity index (χ0n) is 7.98. The van der Waals surface area contributed by atoms with Crippen molar-refractivity contribution in [2.24, 2.45) is 0 Å². The lowest BCUT2D eigenvalue weighted by Crippen LogP contribution is -2.29. The lowest BCUT2D eigenvalue weighted by Gasteiger charge is -2.24. The van der Waals surface area contributed by atoms with Gasteiger partial charge in [-0.25, -0.2) is 0 Å². The largest absolute Gasteiger partial charge is 0.485 e. The van der Waals surface area contributed by atoms with Crippen molar-refractivity contribution in [1.82, 2.24) is 0 Å². The van der Waals surface area contributed by atoms with E-state index in [9.17, 15) is 0 Å². The van der Waals surface area contributed by atoms with Gasteiger partial charge < -0.3 is 4.74 Å². The molecule has 0 saturated heterocycles. The van der Waals surface area contributed by atoms with Gasteiger partial charge in [0.25, 0.3) is 0 Å². The van der Waals surface area contributed by atoms with Crippen LogP contribution in [0.1, 0.15) is 13.8 Å². The highest BCUT2D eigenvalue weighted by molar-refractivity contribution is 9.09. The van der Waals surface area contributed by atoms with Crippen molar-refractivity contribution in [1.29, 1.82) is 0 Å². The average molecular weight is 298 g/mol. The summed E-state index contributed by atoms with van der Waals surface area (Å²) in [7, 11) is 0. The van der Waals surface area contributed by atoms with Crippen molar-refractivity contribution in [3.05, 3.63) is 28.2 Å². The first-order chi connectivity index (χ1) is 6.46. The molecule has 0 unspecified atom stereocenters. The van der Waals surface area contributed by atoms with E-state index in [2.05, 4.69) is 15.9 Å². The zero-order chi connectivity index (χ0) is 10.8. The number of hydrogen-bond acceptors (Lipinski definition) is 1. The van der Waals surface area contributed by atoms with E-state index in [-0.39, 0.29) is 5.60 Å². The minimum absolute atomic E-state index is 0.297. The van der Waals surface area contributed by atoms with Gasteiger partial charge in [-0.2, -0.15) is 0 Å². The average Bonchev–Trinajstić information content (AvgIpc) is 2.13. The van der Waals surface area contributed by atoms with E-state index in [1.807, 2.05) is 19.9 Å². The van der Waals surface area contributed by atoms with Crippen LogP contribution in [-0.4, -0.2) is 10.9 Å². The Morgan fingerprint density at radius 3 is 2.57 bits per heavy atom. The Hall–Kier alpha value is 0.0800. The fourth-order valence-corrected chi connectivity index (χ4v) is 1.33. The summed E-state index contributed by atoms with van der Waals surface area (Å²) in [4.78, 5) is 0. The standard InChI is InChI=1S/C10H11BrCl2O/c1-10(2,6-11)14-8-5-3-4-7(12)9(8)13/h3-5H,6H2,1-2H3. The summed E-state index contributed by atoms with van der Waals surface area (Å²) in [5, 5.41) is 1.70. The molecule has 0 aliphatic heterocycles. The van der Waals surface area contributed by atoms with Crippen LogP contribution >= 0.6 is 39.1 Å². The van der Waals surface area contributed by atoms with Gasteiger partial charge in [0, 0.05) is 5.33 Å². The normalized spacial score (nSPS) is 11.5. The van der Waals surface area contributed by atoms with E-state index in [1.54, 1.807) is 12.1 Å². The van der Waals surface area contributed by atoms with Crippen molar-refractivity contribution in [2.75, 3.05) is 5.33 Å². The maximum Gasteiger partial charge on any atom is 0.140 e.